The average Bonchev–Trinajstić information content (AvgIpc) is 3.05. The molecule has 2 aliphatic heterocycles. The molecule has 4 aliphatic rings. The summed E-state index contributed by atoms with van der Waals surface area (Å²) in [5.41, 5.74) is 5.33. The van der Waals surface area contributed by atoms with Crippen LogP contribution in [-0.2, 0) is 6.42 Å². The first-order valence-corrected chi connectivity index (χ1v) is 13.0. The monoisotopic (exact) mass is 355 g/mol. The van der Waals surface area contributed by atoms with Crippen molar-refractivity contribution in [2.24, 2.45) is 0 Å². The molecular weight excluding hydrogens is 321 g/mol. The van der Waals surface area contributed by atoms with Crippen LogP contribution in [0.4, 0.5) is 5.69 Å². The van der Waals surface area contributed by atoms with Crippen LogP contribution in [-0.4, -0.2) is 17.4 Å². The van der Waals surface area contributed by atoms with E-state index in [-0.39, 0.29) is 0 Å². The summed E-state index contributed by atoms with van der Waals surface area (Å²) in [5, 5.41) is 1.84. The Morgan fingerprint density at radius 1 is 0.880 bits per heavy atom. The number of benzene rings is 1. The lowest BCUT2D eigenvalue weighted by Crippen LogP contribution is -2.35. The second-order valence-electron chi connectivity index (χ2n) is 9.11. The van der Waals surface area contributed by atoms with Crippen molar-refractivity contribution in [3.63, 3.8) is 0 Å². The predicted molar refractivity (Wildman–Crippen MR) is 111 cm³/mol. The quantitative estimate of drug-likeness (QED) is 0.446. The fourth-order valence-corrected chi connectivity index (χ4v) is 12.5. The molecule has 2 heteroatoms. The van der Waals surface area contributed by atoms with E-state index in [1.807, 2.05) is 5.30 Å². The first-order valence-electron chi connectivity index (χ1n) is 11.0. The first kappa shape index (κ1) is 16.6. The minimum absolute atomic E-state index is 0.711. The molecule has 2 saturated carbocycles. The third-order valence-corrected chi connectivity index (χ3v) is 13.0. The van der Waals surface area contributed by atoms with Gasteiger partial charge >= 0.3 is 0 Å². The molecule has 5 rings (SSSR count). The van der Waals surface area contributed by atoms with Crippen LogP contribution in [0.1, 0.15) is 83.1 Å². The SMILES string of the molecule is CC1CCc2cccc3c2N1[CH-][P+]3(C1CCCCC1)C1CCCCC1. The Morgan fingerprint density at radius 3 is 2.16 bits per heavy atom. The number of anilines is 1. The van der Waals surface area contributed by atoms with Crippen LogP contribution in [0.15, 0.2) is 18.2 Å². The molecule has 2 fully saturated rings. The summed E-state index contributed by atoms with van der Waals surface area (Å²) in [6.45, 7) is 2.47. The molecule has 0 N–H and O–H groups in total. The summed E-state index contributed by atoms with van der Waals surface area (Å²) in [4.78, 5) is 2.78. The van der Waals surface area contributed by atoms with Crippen molar-refractivity contribution in [2.75, 3.05) is 4.90 Å². The lowest BCUT2D eigenvalue weighted by molar-refractivity contribution is 0.482. The fourth-order valence-electron chi connectivity index (χ4n) is 6.45. The third-order valence-electron chi connectivity index (χ3n) is 7.75. The van der Waals surface area contributed by atoms with Crippen LogP contribution in [0.3, 0.4) is 0 Å². The van der Waals surface area contributed by atoms with Crippen molar-refractivity contribution in [2.45, 2.75) is 101 Å². The predicted octanol–water partition coefficient (Wildman–Crippen LogP) is 6.27. The summed E-state index contributed by atoms with van der Waals surface area (Å²) < 4.78 is 0. The lowest BCUT2D eigenvalue weighted by atomic mass is 9.97. The summed E-state index contributed by atoms with van der Waals surface area (Å²) in [6.07, 6.45) is 20.5. The normalized spacial score (nSPS) is 29.6. The summed E-state index contributed by atoms with van der Waals surface area (Å²) in [6, 6.07) is 8.11. The van der Waals surface area contributed by atoms with Gasteiger partial charge in [-0.1, -0.05) is 38.5 Å². The van der Waals surface area contributed by atoms with E-state index in [1.165, 1.54) is 77.0 Å². The first-order chi connectivity index (χ1) is 12.3. The van der Waals surface area contributed by atoms with Gasteiger partial charge in [0.15, 0.2) is 0 Å². The molecule has 136 valence electrons. The highest BCUT2D eigenvalue weighted by Crippen LogP contribution is 2.78. The van der Waals surface area contributed by atoms with Crippen LogP contribution in [0.2, 0.25) is 0 Å². The van der Waals surface area contributed by atoms with Gasteiger partial charge in [-0.3, -0.25) is 0 Å². The van der Waals surface area contributed by atoms with Crippen molar-refractivity contribution in [1.29, 1.82) is 0 Å². The smallest absolute Gasteiger partial charge is 0.0880 e. The minimum atomic E-state index is -1.18. The van der Waals surface area contributed by atoms with Gasteiger partial charge in [-0.15, -0.1) is 0 Å². The molecule has 0 amide bonds. The van der Waals surface area contributed by atoms with E-state index >= 15 is 0 Å². The largest absolute Gasteiger partial charge is 0.479 e. The molecule has 1 nitrogen and oxygen atoms in total. The van der Waals surface area contributed by atoms with Crippen LogP contribution >= 0.6 is 7.26 Å². The van der Waals surface area contributed by atoms with E-state index in [0.29, 0.717) is 6.04 Å². The van der Waals surface area contributed by atoms with Gasteiger partial charge < -0.3 is 4.90 Å². The second kappa shape index (κ2) is 6.56. The van der Waals surface area contributed by atoms with Crippen molar-refractivity contribution in [3.05, 3.63) is 30.0 Å². The van der Waals surface area contributed by atoms with Gasteiger partial charge in [-0.2, -0.15) is 0 Å². The molecule has 0 saturated heterocycles. The molecule has 1 unspecified atom stereocenters. The van der Waals surface area contributed by atoms with E-state index < -0.39 is 7.26 Å². The minimum Gasteiger partial charge on any atom is -0.479 e. The molecule has 2 heterocycles. The summed E-state index contributed by atoms with van der Waals surface area (Å²) in [5.74, 6) is 0. The van der Waals surface area contributed by atoms with Gasteiger partial charge in [-0.05, 0) is 82.8 Å². The molecule has 1 aromatic carbocycles. The van der Waals surface area contributed by atoms with Gasteiger partial charge in [0, 0.05) is 17.4 Å². The van der Waals surface area contributed by atoms with E-state index in [9.17, 15) is 0 Å². The zero-order chi connectivity index (χ0) is 16.9. The Kier molecular flexibility index (Phi) is 4.36. The van der Waals surface area contributed by atoms with E-state index in [1.54, 1.807) is 11.3 Å². The zero-order valence-corrected chi connectivity index (χ0v) is 16.8. The Hall–Kier alpha value is -0.550. The maximum absolute atomic E-state index is 2.90. The molecule has 1 aromatic rings. The van der Waals surface area contributed by atoms with Crippen LogP contribution in [0.25, 0.3) is 0 Å². The number of hydrogen-bond acceptors (Lipinski definition) is 1. The number of aryl methyl sites for hydroxylation is 1. The number of nitrogens with zero attached hydrogens (tertiary/aromatic N) is 1. The van der Waals surface area contributed by atoms with Crippen molar-refractivity contribution in [1.82, 2.24) is 0 Å². The van der Waals surface area contributed by atoms with Gasteiger partial charge in [-0.25, -0.2) is 0 Å². The maximum Gasteiger partial charge on any atom is 0.0880 e. The molecule has 1 atom stereocenters. The maximum atomic E-state index is 2.90. The molecule has 25 heavy (non-hydrogen) atoms. The summed E-state index contributed by atoms with van der Waals surface area (Å²) >= 11 is 0. The van der Waals surface area contributed by atoms with Crippen molar-refractivity contribution >= 4 is 18.3 Å². The Balaban J connectivity index is 1.65. The van der Waals surface area contributed by atoms with E-state index in [0.717, 1.165) is 11.3 Å². The Labute approximate surface area is 154 Å². The Bertz CT molecular complexity index is 609. The highest BCUT2D eigenvalue weighted by molar-refractivity contribution is 7.87. The van der Waals surface area contributed by atoms with Gasteiger partial charge in [0.1, 0.15) is 0 Å². The highest BCUT2D eigenvalue weighted by Gasteiger charge is 2.54. The molecule has 2 aliphatic carbocycles. The molecule has 0 bridgehead atoms. The van der Waals surface area contributed by atoms with Crippen LogP contribution < -0.4 is 10.2 Å². The number of hydrogen-bond donors (Lipinski definition) is 0. The Morgan fingerprint density at radius 2 is 1.52 bits per heavy atom. The third kappa shape index (κ3) is 2.52. The fraction of sp³-hybridized carbons (Fsp3) is 0.696. The molecule has 0 aromatic heterocycles. The topological polar surface area (TPSA) is 3.24 Å². The second-order valence-corrected chi connectivity index (χ2v) is 13.0. The summed E-state index contributed by atoms with van der Waals surface area (Å²) in [7, 11) is -1.18. The lowest BCUT2D eigenvalue weighted by Gasteiger charge is -2.48. The molecule has 0 radical (unpaired) electrons. The van der Waals surface area contributed by atoms with E-state index in [4.69, 9.17) is 0 Å². The van der Waals surface area contributed by atoms with Crippen LogP contribution in [0, 0.1) is 6.29 Å². The van der Waals surface area contributed by atoms with Crippen LogP contribution in [0.5, 0.6) is 0 Å². The average molecular weight is 356 g/mol. The molecular formula is C23H34NP. The van der Waals surface area contributed by atoms with Gasteiger partial charge in [0.25, 0.3) is 0 Å². The van der Waals surface area contributed by atoms with E-state index in [2.05, 4.69) is 36.3 Å². The van der Waals surface area contributed by atoms with Crippen molar-refractivity contribution in [3.8, 4) is 0 Å². The van der Waals surface area contributed by atoms with Gasteiger partial charge in [0.05, 0.1) is 11.0 Å². The standard InChI is InChI=1S/C23H34NP/c1-18-15-16-19-9-8-14-22-23(19)24(18)17-25(22,20-10-4-2-5-11-20)21-12-6-3-7-13-21/h8-9,14,17-18,20-21H,2-7,10-13,15-16H2,1H3. The molecule has 0 spiro atoms. The highest BCUT2D eigenvalue weighted by atomic mass is 31.2. The zero-order valence-electron chi connectivity index (χ0n) is 15.9. The number of para-hydroxylation sites is 1. The number of rotatable bonds is 2. The van der Waals surface area contributed by atoms with Gasteiger partial charge in [0.2, 0.25) is 0 Å². The van der Waals surface area contributed by atoms with Crippen molar-refractivity contribution < 1.29 is 0 Å².